The summed E-state index contributed by atoms with van der Waals surface area (Å²) in [4.78, 5) is 26.8. The third-order valence-corrected chi connectivity index (χ3v) is 2.41. The number of halogens is 1. The van der Waals surface area contributed by atoms with E-state index >= 15 is 0 Å². The maximum Gasteiger partial charge on any atom is 0.255 e. The Kier molecular flexibility index (Phi) is 4.05. The highest BCUT2D eigenvalue weighted by molar-refractivity contribution is 6.05. The molecular formula is C14H12FN3O2. The topological polar surface area (TPSA) is 71.1 Å². The minimum absolute atomic E-state index is 0.278. The second kappa shape index (κ2) is 5.92. The predicted molar refractivity (Wildman–Crippen MR) is 72.9 cm³/mol. The number of nitrogens with zero attached hydrogens (tertiary/aromatic N) is 1. The van der Waals surface area contributed by atoms with E-state index in [4.69, 9.17) is 0 Å². The molecule has 2 amide bonds. The van der Waals surface area contributed by atoms with Crippen LogP contribution in [-0.4, -0.2) is 16.8 Å². The number of amides is 2. The van der Waals surface area contributed by atoms with Crippen LogP contribution in [0.25, 0.3) is 0 Å². The zero-order valence-electron chi connectivity index (χ0n) is 10.7. The van der Waals surface area contributed by atoms with Gasteiger partial charge in [-0.15, -0.1) is 0 Å². The van der Waals surface area contributed by atoms with Crippen LogP contribution >= 0.6 is 0 Å². The van der Waals surface area contributed by atoms with E-state index in [0.29, 0.717) is 11.3 Å². The normalized spacial score (nSPS) is 9.90. The highest BCUT2D eigenvalue weighted by Gasteiger charge is 2.08. The summed E-state index contributed by atoms with van der Waals surface area (Å²) in [6.07, 6.45) is 1.41. The Morgan fingerprint density at radius 3 is 2.65 bits per heavy atom. The molecule has 0 unspecified atom stereocenters. The summed E-state index contributed by atoms with van der Waals surface area (Å²) < 4.78 is 13.0. The maximum atomic E-state index is 13.0. The Balaban J connectivity index is 2.15. The fourth-order valence-electron chi connectivity index (χ4n) is 1.59. The van der Waals surface area contributed by atoms with E-state index in [2.05, 4.69) is 15.6 Å². The maximum absolute atomic E-state index is 13.0. The van der Waals surface area contributed by atoms with Gasteiger partial charge in [-0.3, -0.25) is 9.59 Å². The average molecular weight is 273 g/mol. The van der Waals surface area contributed by atoms with Crippen LogP contribution in [0.15, 0.2) is 42.6 Å². The molecule has 20 heavy (non-hydrogen) atoms. The SMILES string of the molecule is CC(=O)Nc1cc(C(=O)Nc2cccc(F)c2)ccn1. The number of hydrogen-bond acceptors (Lipinski definition) is 3. The van der Waals surface area contributed by atoms with E-state index in [0.717, 1.165) is 0 Å². The molecule has 0 radical (unpaired) electrons. The van der Waals surface area contributed by atoms with Gasteiger partial charge >= 0.3 is 0 Å². The van der Waals surface area contributed by atoms with Gasteiger partial charge < -0.3 is 10.6 Å². The molecule has 2 aromatic rings. The lowest BCUT2D eigenvalue weighted by Gasteiger charge is -2.06. The van der Waals surface area contributed by atoms with E-state index in [1.54, 1.807) is 6.07 Å². The standard InChI is InChI=1S/C14H12FN3O2/c1-9(19)17-13-7-10(5-6-16-13)14(20)18-12-4-2-3-11(15)8-12/h2-8H,1H3,(H,18,20)(H,16,17,19). The molecule has 0 atom stereocenters. The van der Waals surface area contributed by atoms with Gasteiger partial charge in [0, 0.05) is 24.4 Å². The minimum atomic E-state index is -0.434. The molecule has 1 heterocycles. The van der Waals surface area contributed by atoms with Crippen molar-refractivity contribution in [1.82, 2.24) is 4.98 Å². The van der Waals surface area contributed by atoms with Gasteiger partial charge in [-0.25, -0.2) is 9.37 Å². The van der Waals surface area contributed by atoms with Crippen molar-refractivity contribution in [2.24, 2.45) is 0 Å². The van der Waals surface area contributed by atoms with Gasteiger partial charge in [0.1, 0.15) is 11.6 Å². The van der Waals surface area contributed by atoms with Crippen LogP contribution in [0.5, 0.6) is 0 Å². The first-order chi connectivity index (χ1) is 9.54. The zero-order chi connectivity index (χ0) is 14.5. The molecule has 0 saturated heterocycles. The monoisotopic (exact) mass is 273 g/mol. The van der Waals surface area contributed by atoms with E-state index in [9.17, 15) is 14.0 Å². The lowest BCUT2D eigenvalue weighted by atomic mass is 10.2. The van der Waals surface area contributed by atoms with Crippen molar-refractivity contribution in [3.05, 3.63) is 54.0 Å². The van der Waals surface area contributed by atoms with E-state index in [-0.39, 0.29) is 11.7 Å². The molecule has 2 rings (SSSR count). The third-order valence-electron chi connectivity index (χ3n) is 2.41. The van der Waals surface area contributed by atoms with Crippen molar-refractivity contribution in [3.8, 4) is 0 Å². The first-order valence-electron chi connectivity index (χ1n) is 5.85. The first-order valence-corrected chi connectivity index (χ1v) is 5.85. The van der Waals surface area contributed by atoms with Gasteiger partial charge in [-0.05, 0) is 30.3 Å². The summed E-state index contributed by atoms with van der Waals surface area (Å²) in [6, 6.07) is 8.53. The summed E-state index contributed by atoms with van der Waals surface area (Å²) >= 11 is 0. The summed E-state index contributed by atoms with van der Waals surface area (Å²) in [7, 11) is 0. The second-order valence-electron chi connectivity index (χ2n) is 4.08. The molecule has 0 aliphatic carbocycles. The zero-order valence-corrected chi connectivity index (χ0v) is 10.7. The van der Waals surface area contributed by atoms with Crippen LogP contribution in [0.4, 0.5) is 15.9 Å². The molecule has 0 bridgehead atoms. The van der Waals surface area contributed by atoms with Gasteiger partial charge in [0.05, 0.1) is 0 Å². The van der Waals surface area contributed by atoms with Crippen molar-refractivity contribution >= 4 is 23.3 Å². The van der Waals surface area contributed by atoms with Crippen molar-refractivity contribution in [3.63, 3.8) is 0 Å². The molecule has 0 aliphatic rings. The van der Waals surface area contributed by atoms with Gasteiger partial charge in [-0.2, -0.15) is 0 Å². The van der Waals surface area contributed by atoms with E-state index in [1.165, 1.54) is 43.5 Å². The van der Waals surface area contributed by atoms with Crippen LogP contribution < -0.4 is 10.6 Å². The number of rotatable bonds is 3. The second-order valence-corrected chi connectivity index (χ2v) is 4.08. The quantitative estimate of drug-likeness (QED) is 0.902. The van der Waals surface area contributed by atoms with Crippen LogP contribution in [0.2, 0.25) is 0 Å². The molecule has 0 fully saturated rings. The molecule has 0 aliphatic heterocycles. The lowest BCUT2D eigenvalue weighted by Crippen LogP contribution is -2.14. The van der Waals surface area contributed by atoms with Gasteiger partial charge in [0.25, 0.3) is 5.91 Å². The molecule has 102 valence electrons. The number of carbonyl (C=O) groups excluding carboxylic acids is 2. The molecule has 2 N–H and O–H groups in total. The lowest BCUT2D eigenvalue weighted by molar-refractivity contribution is -0.114. The molecule has 5 nitrogen and oxygen atoms in total. The van der Waals surface area contributed by atoms with Crippen LogP contribution in [-0.2, 0) is 4.79 Å². The average Bonchev–Trinajstić information content (AvgIpc) is 2.38. The number of anilines is 2. The fraction of sp³-hybridized carbons (Fsp3) is 0.0714. The molecule has 0 saturated carbocycles. The van der Waals surface area contributed by atoms with Crippen LogP contribution in [0.1, 0.15) is 17.3 Å². The number of pyridine rings is 1. The summed E-state index contributed by atoms with van der Waals surface area (Å²) in [6.45, 7) is 1.35. The Hall–Kier alpha value is -2.76. The molecule has 1 aromatic carbocycles. The minimum Gasteiger partial charge on any atom is -0.322 e. The number of carbonyl (C=O) groups is 2. The number of benzene rings is 1. The van der Waals surface area contributed by atoms with Crippen molar-refractivity contribution in [1.29, 1.82) is 0 Å². The Bertz CT molecular complexity index is 658. The smallest absolute Gasteiger partial charge is 0.255 e. The summed E-state index contributed by atoms with van der Waals surface area (Å²) in [5.74, 6) is -0.842. The molecular weight excluding hydrogens is 261 g/mol. The third kappa shape index (κ3) is 3.61. The Morgan fingerprint density at radius 1 is 1.15 bits per heavy atom. The van der Waals surface area contributed by atoms with Gasteiger partial charge in [0.2, 0.25) is 5.91 Å². The van der Waals surface area contributed by atoms with Crippen molar-refractivity contribution in [2.45, 2.75) is 6.92 Å². The molecule has 0 spiro atoms. The van der Waals surface area contributed by atoms with Crippen molar-refractivity contribution < 1.29 is 14.0 Å². The Morgan fingerprint density at radius 2 is 1.95 bits per heavy atom. The number of hydrogen-bond donors (Lipinski definition) is 2. The van der Waals surface area contributed by atoms with E-state index in [1.807, 2.05) is 0 Å². The van der Waals surface area contributed by atoms with Gasteiger partial charge in [0.15, 0.2) is 0 Å². The van der Waals surface area contributed by atoms with Crippen molar-refractivity contribution in [2.75, 3.05) is 10.6 Å². The van der Waals surface area contributed by atoms with E-state index < -0.39 is 11.7 Å². The summed E-state index contributed by atoms with van der Waals surface area (Å²) in [5.41, 5.74) is 0.668. The largest absolute Gasteiger partial charge is 0.322 e. The first kappa shape index (κ1) is 13.7. The molecule has 1 aromatic heterocycles. The molecule has 6 heteroatoms. The predicted octanol–water partition coefficient (Wildman–Crippen LogP) is 2.43. The highest BCUT2D eigenvalue weighted by atomic mass is 19.1. The Labute approximate surface area is 114 Å². The van der Waals surface area contributed by atoms with Crippen LogP contribution in [0.3, 0.4) is 0 Å². The summed E-state index contributed by atoms with van der Waals surface area (Å²) in [5, 5.41) is 5.04. The number of aromatic nitrogens is 1. The van der Waals surface area contributed by atoms with Gasteiger partial charge in [-0.1, -0.05) is 6.07 Å². The van der Waals surface area contributed by atoms with Crippen LogP contribution in [0, 0.1) is 5.82 Å². The fourth-order valence-corrected chi connectivity index (χ4v) is 1.59. The number of nitrogens with one attached hydrogen (secondary N) is 2. The highest BCUT2D eigenvalue weighted by Crippen LogP contribution is 2.12.